The number of benzene rings is 2. The summed E-state index contributed by atoms with van der Waals surface area (Å²) in [6.07, 6.45) is 0.200. The van der Waals surface area contributed by atoms with E-state index in [1.54, 1.807) is 0 Å². The van der Waals surface area contributed by atoms with Crippen LogP contribution in [-0.2, 0) is 9.59 Å². The highest BCUT2D eigenvalue weighted by atomic mass is 16.4. The Morgan fingerprint density at radius 3 is 1.62 bits per heavy atom. The molecule has 0 saturated heterocycles. The van der Waals surface area contributed by atoms with Crippen molar-refractivity contribution in [1.29, 1.82) is 0 Å². The molecule has 0 bridgehead atoms. The van der Waals surface area contributed by atoms with Crippen LogP contribution in [0.25, 0.3) is 0 Å². The van der Waals surface area contributed by atoms with Crippen molar-refractivity contribution in [3.05, 3.63) is 71.8 Å². The average molecular weight is 327 g/mol. The molecule has 2 aromatic carbocycles. The first-order chi connectivity index (χ1) is 11.5. The van der Waals surface area contributed by atoms with Gasteiger partial charge in [0.1, 0.15) is 6.04 Å². The predicted octanol–water partition coefficient (Wildman–Crippen LogP) is 2.71. The number of nitrogens with two attached hydrogens (primary N) is 1. The molecule has 126 valence electrons. The van der Waals surface area contributed by atoms with Crippen LogP contribution >= 0.6 is 0 Å². The van der Waals surface area contributed by atoms with Crippen LogP contribution in [0.4, 0.5) is 0 Å². The smallest absolute Gasteiger partial charge is 0.320 e. The zero-order valence-electron chi connectivity index (χ0n) is 13.2. The summed E-state index contributed by atoms with van der Waals surface area (Å²) in [5, 5.41) is 18.5. The zero-order chi connectivity index (χ0) is 17.5. The lowest BCUT2D eigenvalue weighted by Gasteiger charge is -2.23. The third-order valence-corrected chi connectivity index (χ3v) is 4.13. The fourth-order valence-electron chi connectivity index (χ4n) is 2.83. The van der Waals surface area contributed by atoms with Gasteiger partial charge in [0, 0.05) is 5.92 Å². The van der Waals surface area contributed by atoms with Gasteiger partial charge in [-0.15, -0.1) is 0 Å². The van der Waals surface area contributed by atoms with Crippen molar-refractivity contribution >= 4 is 11.9 Å². The highest BCUT2D eigenvalue weighted by Crippen LogP contribution is 2.32. The Kier molecular flexibility index (Phi) is 6.09. The normalized spacial score (nSPS) is 13.4. The van der Waals surface area contributed by atoms with Gasteiger partial charge in [-0.25, -0.2) is 0 Å². The van der Waals surface area contributed by atoms with Gasteiger partial charge in [0.25, 0.3) is 0 Å². The van der Waals surface area contributed by atoms with Crippen molar-refractivity contribution in [2.45, 2.75) is 24.8 Å². The number of hydrogen-bond donors (Lipinski definition) is 3. The molecule has 4 N–H and O–H groups in total. The summed E-state index contributed by atoms with van der Waals surface area (Å²) < 4.78 is 0. The first kappa shape index (κ1) is 17.7. The molecule has 0 heterocycles. The summed E-state index contributed by atoms with van der Waals surface area (Å²) in [6.45, 7) is 0. The summed E-state index contributed by atoms with van der Waals surface area (Å²) in [4.78, 5) is 22.6. The van der Waals surface area contributed by atoms with Crippen LogP contribution in [0.5, 0.6) is 0 Å². The maximum atomic E-state index is 11.6. The lowest BCUT2D eigenvalue weighted by Crippen LogP contribution is -2.35. The SMILES string of the molecule is NC(CC(CC(c1ccccc1)c1ccccc1)C(=O)O)C(=O)O. The molecule has 24 heavy (non-hydrogen) atoms. The zero-order valence-corrected chi connectivity index (χ0v) is 13.2. The largest absolute Gasteiger partial charge is 0.481 e. The highest BCUT2D eigenvalue weighted by Gasteiger charge is 2.28. The molecule has 2 unspecified atom stereocenters. The summed E-state index contributed by atoms with van der Waals surface area (Å²) >= 11 is 0. The lowest BCUT2D eigenvalue weighted by molar-refractivity contribution is -0.143. The first-order valence-corrected chi connectivity index (χ1v) is 7.80. The molecule has 0 aliphatic carbocycles. The minimum Gasteiger partial charge on any atom is -0.481 e. The molecule has 0 aromatic heterocycles. The van der Waals surface area contributed by atoms with E-state index < -0.39 is 23.9 Å². The molecule has 2 aromatic rings. The molecule has 2 rings (SSSR count). The highest BCUT2D eigenvalue weighted by molar-refractivity contribution is 5.75. The van der Waals surface area contributed by atoms with E-state index in [0.717, 1.165) is 11.1 Å². The standard InChI is InChI=1S/C19H21NO4/c20-17(19(23)24)12-15(18(21)22)11-16(13-7-3-1-4-8-13)14-9-5-2-6-10-14/h1-10,15-17H,11-12,20H2,(H,21,22)(H,23,24). The molecule has 2 atom stereocenters. The Morgan fingerprint density at radius 1 is 0.792 bits per heavy atom. The second-order valence-corrected chi connectivity index (χ2v) is 5.83. The summed E-state index contributed by atoms with van der Waals surface area (Å²) in [6, 6.07) is 18.1. The molecule has 0 spiro atoms. The number of aliphatic carboxylic acids is 2. The fraction of sp³-hybridized carbons (Fsp3) is 0.263. The number of rotatable bonds is 8. The molecule has 5 heteroatoms. The van der Waals surface area contributed by atoms with Gasteiger partial charge in [-0.05, 0) is 24.0 Å². The van der Waals surface area contributed by atoms with Gasteiger partial charge < -0.3 is 15.9 Å². The number of carboxylic acids is 2. The molecule has 0 saturated carbocycles. The minimum absolute atomic E-state index is 0.0964. The monoisotopic (exact) mass is 327 g/mol. The van der Waals surface area contributed by atoms with Gasteiger partial charge in [-0.3, -0.25) is 9.59 Å². The van der Waals surface area contributed by atoms with E-state index in [-0.39, 0.29) is 12.3 Å². The Labute approximate surface area is 140 Å². The van der Waals surface area contributed by atoms with Gasteiger partial charge in [-0.1, -0.05) is 60.7 Å². The predicted molar refractivity (Wildman–Crippen MR) is 90.7 cm³/mol. The Morgan fingerprint density at radius 2 is 1.25 bits per heavy atom. The molecule has 0 radical (unpaired) electrons. The van der Waals surface area contributed by atoms with Crippen molar-refractivity contribution < 1.29 is 19.8 Å². The second kappa shape index (κ2) is 8.26. The van der Waals surface area contributed by atoms with E-state index in [1.807, 2.05) is 60.7 Å². The van der Waals surface area contributed by atoms with Crippen LogP contribution in [0.3, 0.4) is 0 Å². The summed E-state index contributed by atoms with van der Waals surface area (Å²) in [5.74, 6) is -3.17. The van der Waals surface area contributed by atoms with Crippen LogP contribution in [0, 0.1) is 5.92 Å². The van der Waals surface area contributed by atoms with Crippen molar-refractivity contribution in [2.24, 2.45) is 11.7 Å². The van der Waals surface area contributed by atoms with E-state index in [0.29, 0.717) is 6.42 Å². The Bertz CT molecular complexity index is 633. The quantitative estimate of drug-likeness (QED) is 0.692. The molecule has 5 nitrogen and oxygen atoms in total. The number of carboxylic acid groups (broad SMARTS) is 2. The van der Waals surface area contributed by atoms with Crippen LogP contribution in [-0.4, -0.2) is 28.2 Å². The van der Waals surface area contributed by atoms with Crippen molar-refractivity contribution in [2.75, 3.05) is 0 Å². The third kappa shape index (κ3) is 4.67. The molecule has 0 aliphatic rings. The molecule has 0 amide bonds. The summed E-state index contributed by atoms with van der Waals surface area (Å²) in [7, 11) is 0. The Hall–Kier alpha value is -2.66. The molecular weight excluding hydrogens is 306 g/mol. The topological polar surface area (TPSA) is 101 Å². The van der Waals surface area contributed by atoms with Gasteiger partial charge >= 0.3 is 11.9 Å². The number of hydrogen-bond acceptors (Lipinski definition) is 3. The molecule has 0 fully saturated rings. The van der Waals surface area contributed by atoms with Crippen molar-refractivity contribution in [3.8, 4) is 0 Å². The van der Waals surface area contributed by atoms with Crippen LogP contribution < -0.4 is 5.73 Å². The van der Waals surface area contributed by atoms with Crippen LogP contribution in [0.1, 0.15) is 29.9 Å². The number of carbonyl (C=O) groups is 2. The molecular formula is C19H21NO4. The fourth-order valence-corrected chi connectivity index (χ4v) is 2.83. The van der Waals surface area contributed by atoms with E-state index >= 15 is 0 Å². The second-order valence-electron chi connectivity index (χ2n) is 5.83. The minimum atomic E-state index is -1.18. The van der Waals surface area contributed by atoms with Crippen LogP contribution in [0.15, 0.2) is 60.7 Å². The summed E-state index contributed by atoms with van der Waals surface area (Å²) in [5.41, 5.74) is 7.54. The van der Waals surface area contributed by atoms with Crippen LogP contribution in [0.2, 0.25) is 0 Å². The third-order valence-electron chi connectivity index (χ3n) is 4.13. The van der Waals surface area contributed by atoms with Gasteiger partial charge in [0.05, 0.1) is 5.92 Å². The van der Waals surface area contributed by atoms with E-state index in [9.17, 15) is 14.7 Å². The lowest BCUT2D eigenvalue weighted by atomic mass is 9.81. The maximum Gasteiger partial charge on any atom is 0.320 e. The first-order valence-electron chi connectivity index (χ1n) is 7.80. The van der Waals surface area contributed by atoms with Gasteiger partial charge in [0.15, 0.2) is 0 Å². The van der Waals surface area contributed by atoms with Crippen molar-refractivity contribution in [3.63, 3.8) is 0 Å². The van der Waals surface area contributed by atoms with Crippen molar-refractivity contribution in [1.82, 2.24) is 0 Å². The molecule has 0 aliphatic heterocycles. The maximum absolute atomic E-state index is 11.6. The van der Waals surface area contributed by atoms with E-state index in [1.165, 1.54) is 0 Å². The van der Waals surface area contributed by atoms with Gasteiger partial charge in [0.2, 0.25) is 0 Å². The van der Waals surface area contributed by atoms with E-state index in [2.05, 4.69) is 0 Å². The van der Waals surface area contributed by atoms with E-state index in [4.69, 9.17) is 10.8 Å². The Balaban J connectivity index is 2.29. The average Bonchev–Trinajstić information content (AvgIpc) is 2.59. The van der Waals surface area contributed by atoms with Gasteiger partial charge in [-0.2, -0.15) is 0 Å².